The third-order valence-electron chi connectivity index (χ3n) is 2.96. The quantitative estimate of drug-likeness (QED) is 0.755. The first-order valence-corrected chi connectivity index (χ1v) is 6.44. The molecule has 3 nitrogen and oxygen atoms in total. The summed E-state index contributed by atoms with van der Waals surface area (Å²) >= 11 is 5.99. The van der Waals surface area contributed by atoms with Crippen molar-refractivity contribution in [2.45, 2.75) is 58.1 Å². The van der Waals surface area contributed by atoms with Crippen LogP contribution in [0.1, 0.15) is 46.0 Å². The first-order valence-electron chi connectivity index (χ1n) is 6.07. The lowest BCUT2D eigenvalue weighted by Crippen LogP contribution is -2.32. The van der Waals surface area contributed by atoms with Crippen molar-refractivity contribution in [3.8, 4) is 0 Å². The second kappa shape index (κ2) is 5.09. The summed E-state index contributed by atoms with van der Waals surface area (Å²) in [5, 5.41) is 3.51. The minimum Gasteiger partial charge on any atom is -0.476 e. The van der Waals surface area contributed by atoms with E-state index >= 15 is 0 Å². The van der Waals surface area contributed by atoms with Crippen molar-refractivity contribution in [3.63, 3.8) is 0 Å². The predicted octanol–water partition coefficient (Wildman–Crippen LogP) is 3.15. The van der Waals surface area contributed by atoms with Gasteiger partial charge in [-0.1, -0.05) is 12.8 Å². The van der Waals surface area contributed by atoms with E-state index in [0.717, 1.165) is 18.7 Å². The predicted molar refractivity (Wildman–Crippen MR) is 66.5 cm³/mol. The molecule has 1 saturated carbocycles. The molecule has 0 saturated heterocycles. The molecule has 0 bridgehead atoms. The van der Waals surface area contributed by atoms with E-state index in [1.54, 1.807) is 0 Å². The van der Waals surface area contributed by atoms with Gasteiger partial charge >= 0.3 is 0 Å². The Morgan fingerprint density at radius 3 is 2.94 bits per heavy atom. The molecule has 2 aliphatic rings. The van der Waals surface area contributed by atoms with Crippen LogP contribution in [0, 0.1) is 0 Å². The Labute approximate surface area is 102 Å². The highest BCUT2D eigenvalue weighted by molar-refractivity contribution is 6.65. The van der Waals surface area contributed by atoms with Crippen LogP contribution in [-0.4, -0.2) is 17.4 Å². The third-order valence-corrected chi connectivity index (χ3v) is 3.15. The molecule has 1 aliphatic heterocycles. The van der Waals surface area contributed by atoms with Gasteiger partial charge in [0.1, 0.15) is 0 Å². The Morgan fingerprint density at radius 2 is 2.19 bits per heavy atom. The number of hydrogen-bond donors (Lipinski definition) is 1. The van der Waals surface area contributed by atoms with Gasteiger partial charge in [0.2, 0.25) is 0 Å². The summed E-state index contributed by atoms with van der Waals surface area (Å²) in [4.78, 5) is 4.45. The second-order valence-corrected chi connectivity index (χ2v) is 5.04. The molecule has 4 heteroatoms. The summed E-state index contributed by atoms with van der Waals surface area (Å²) in [6.45, 7) is 4.06. The Balaban J connectivity index is 2.22. The molecule has 2 rings (SSSR count). The largest absolute Gasteiger partial charge is 0.476 e. The molecule has 1 fully saturated rings. The molecule has 0 amide bonds. The average Bonchev–Trinajstić information content (AvgIpc) is 2.41. The lowest BCUT2D eigenvalue weighted by Gasteiger charge is -2.26. The van der Waals surface area contributed by atoms with Crippen molar-refractivity contribution in [3.05, 3.63) is 11.5 Å². The van der Waals surface area contributed by atoms with Crippen LogP contribution in [0.15, 0.2) is 16.4 Å². The highest BCUT2D eigenvalue weighted by Crippen LogP contribution is 2.30. The summed E-state index contributed by atoms with van der Waals surface area (Å²) in [6, 6.07) is 0.241. The normalized spacial score (nSPS) is 25.8. The molecule has 1 unspecified atom stereocenters. The van der Waals surface area contributed by atoms with Crippen molar-refractivity contribution in [2.75, 3.05) is 0 Å². The number of amidine groups is 1. The van der Waals surface area contributed by atoms with Gasteiger partial charge in [-0.05, 0) is 44.7 Å². The zero-order chi connectivity index (χ0) is 11.5. The number of rotatable bonds is 2. The molecular weight excluding hydrogens is 224 g/mol. The van der Waals surface area contributed by atoms with E-state index in [9.17, 15) is 0 Å². The number of nitrogens with zero attached hydrogens (tertiary/aromatic N) is 1. The van der Waals surface area contributed by atoms with Gasteiger partial charge in [-0.25, -0.2) is 4.99 Å². The van der Waals surface area contributed by atoms with Crippen molar-refractivity contribution in [1.82, 2.24) is 5.32 Å². The third kappa shape index (κ3) is 2.70. The monoisotopic (exact) mass is 242 g/mol. The number of halogens is 1. The van der Waals surface area contributed by atoms with Gasteiger partial charge in [-0.3, -0.25) is 0 Å². The standard InChI is InChI=1S/C12H19ClN2O/c1-8(2)16-11-9-6-4-3-5-7-10(9)14-12(13)15-11/h8,10H,3-7H2,1-2H3,(H,14,15). The summed E-state index contributed by atoms with van der Waals surface area (Å²) in [7, 11) is 0. The first-order chi connectivity index (χ1) is 7.66. The van der Waals surface area contributed by atoms with Crippen molar-refractivity contribution < 1.29 is 4.74 Å². The van der Waals surface area contributed by atoms with Crippen LogP contribution in [-0.2, 0) is 4.74 Å². The molecule has 1 atom stereocenters. The molecule has 1 heterocycles. The maximum Gasteiger partial charge on any atom is 0.198 e. The highest BCUT2D eigenvalue weighted by atomic mass is 35.5. The van der Waals surface area contributed by atoms with E-state index < -0.39 is 0 Å². The average molecular weight is 243 g/mol. The van der Waals surface area contributed by atoms with Crippen LogP contribution in [0.3, 0.4) is 0 Å². The van der Waals surface area contributed by atoms with E-state index in [2.05, 4.69) is 10.3 Å². The Hall–Kier alpha value is -0.700. The molecule has 0 aromatic carbocycles. The lowest BCUT2D eigenvalue weighted by atomic mass is 10.0. The summed E-state index contributed by atoms with van der Waals surface area (Å²) in [5.41, 5.74) is 1.30. The van der Waals surface area contributed by atoms with Crippen molar-refractivity contribution in [2.24, 2.45) is 4.99 Å². The summed E-state index contributed by atoms with van der Waals surface area (Å²) in [5.74, 6) is 0.849. The van der Waals surface area contributed by atoms with Crippen LogP contribution in [0.5, 0.6) is 0 Å². The van der Waals surface area contributed by atoms with Crippen LogP contribution in [0.2, 0.25) is 0 Å². The summed E-state index contributed by atoms with van der Waals surface area (Å²) < 4.78 is 5.79. The lowest BCUT2D eigenvalue weighted by molar-refractivity contribution is 0.132. The number of ether oxygens (including phenoxy) is 1. The fourth-order valence-electron chi connectivity index (χ4n) is 2.26. The SMILES string of the molecule is CC(C)OC1=C2CCCCCC2N=C(Cl)N1. The minimum atomic E-state index is 0.168. The van der Waals surface area contributed by atoms with Gasteiger partial charge in [0.25, 0.3) is 0 Å². The van der Waals surface area contributed by atoms with Crippen LogP contribution >= 0.6 is 11.6 Å². The molecule has 16 heavy (non-hydrogen) atoms. The molecule has 0 radical (unpaired) electrons. The van der Waals surface area contributed by atoms with E-state index in [1.165, 1.54) is 24.8 Å². The molecule has 0 aromatic heterocycles. The van der Waals surface area contributed by atoms with Crippen LogP contribution < -0.4 is 5.32 Å². The second-order valence-electron chi connectivity index (χ2n) is 4.68. The fourth-order valence-corrected chi connectivity index (χ4v) is 2.47. The zero-order valence-corrected chi connectivity index (χ0v) is 10.7. The number of fused-ring (bicyclic) bond motifs is 1. The Morgan fingerprint density at radius 1 is 1.38 bits per heavy atom. The van der Waals surface area contributed by atoms with Gasteiger partial charge in [-0.15, -0.1) is 0 Å². The Bertz CT molecular complexity index is 323. The van der Waals surface area contributed by atoms with E-state index in [-0.39, 0.29) is 12.1 Å². The molecule has 90 valence electrons. The summed E-state index contributed by atoms with van der Waals surface area (Å²) in [6.07, 6.45) is 6.08. The van der Waals surface area contributed by atoms with Gasteiger partial charge < -0.3 is 10.1 Å². The molecule has 0 spiro atoms. The number of aliphatic imine (C=N–C) groups is 1. The van der Waals surface area contributed by atoms with Gasteiger partial charge in [-0.2, -0.15) is 0 Å². The van der Waals surface area contributed by atoms with E-state index in [4.69, 9.17) is 16.3 Å². The highest BCUT2D eigenvalue weighted by Gasteiger charge is 2.26. The molecule has 1 aliphatic carbocycles. The van der Waals surface area contributed by atoms with E-state index in [1.807, 2.05) is 13.8 Å². The van der Waals surface area contributed by atoms with Crippen LogP contribution in [0.25, 0.3) is 0 Å². The number of nitrogens with one attached hydrogen (secondary N) is 1. The van der Waals surface area contributed by atoms with Crippen LogP contribution in [0.4, 0.5) is 0 Å². The molecular formula is C12H19ClN2O. The minimum absolute atomic E-state index is 0.168. The molecule has 1 N–H and O–H groups in total. The maximum absolute atomic E-state index is 5.99. The number of hydrogen-bond acceptors (Lipinski definition) is 3. The van der Waals surface area contributed by atoms with Crippen molar-refractivity contribution >= 4 is 16.9 Å². The van der Waals surface area contributed by atoms with Gasteiger partial charge in [0, 0.05) is 5.57 Å². The fraction of sp³-hybridized carbons (Fsp3) is 0.750. The first kappa shape index (κ1) is 11.8. The maximum atomic E-state index is 5.99. The zero-order valence-electron chi connectivity index (χ0n) is 9.92. The Kier molecular flexibility index (Phi) is 3.74. The van der Waals surface area contributed by atoms with Crippen molar-refractivity contribution in [1.29, 1.82) is 0 Å². The van der Waals surface area contributed by atoms with Gasteiger partial charge in [0.15, 0.2) is 11.2 Å². The van der Waals surface area contributed by atoms with Gasteiger partial charge in [0.05, 0.1) is 12.1 Å². The van der Waals surface area contributed by atoms with E-state index in [0.29, 0.717) is 5.29 Å². The smallest absolute Gasteiger partial charge is 0.198 e. The topological polar surface area (TPSA) is 33.6 Å². The molecule has 0 aromatic rings.